The van der Waals surface area contributed by atoms with Crippen LogP contribution in [-0.4, -0.2) is 45.4 Å². The summed E-state index contributed by atoms with van der Waals surface area (Å²) < 4.78 is 0. The van der Waals surface area contributed by atoms with Crippen LogP contribution in [0.15, 0.2) is 48.5 Å². The summed E-state index contributed by atoms with van der Waals surface area (Å²) in [5, 5.41) is 24.1. The summed E-state index contributed by atoms with van der Waals surface area (Å²) in [6.07, 6.45) is -0.269. The van der Waals surface area contributed by atoms with E-state index < -0.39 is 24.3 Å². The van der Waals surface area contributed by atoms with Crippen molar-refractivity contribution in [3.8, 4) is 0 Å². The molecule has 1 aliphatic heterocycles. The van der Waals surface area contributed by atoms with E-state index in [2.05, 4.69) is 5.32 Å². The monoisotopic (exact) mass is 424 g/mol. The van der Waals surface area contributed by atoms with E-state index in [4.69, 9.17) is 0 Å². The topological polar surface area (TPSA) is 107 Å². The molecule has 0 bridgehead atoms. The number of rotatable bonds is 10. The van der Waals surface area contributed by atoms with E-state index in [1.54, 1.807) is 25.1 Å². The van der Waals surface area contributed by atoms with Gasteiger partial charge in [0, 0.05) is 18.5 Å². The standard InChI is InChI=1S/C24H28N2O5/c1-2-20(28)19(12-7-13-27)26-23(30)18-11-6-10-17(22(18)24(26)31)15-25-21(29)14-16-8-4-3-5-9-16/h3-6,8-11,13,19-20,23,28,30H,2,7,12,14-15H2,1H3,(H,25,29). The Labute approximate surface area is 181 Å². The molecule has 0 aromatic heterocycles. The molecule has 0 saturated carbocycles. The summed E-state index contributed by atoms with van der Waals surface area (Å²) in [7, 11) is 0. The fraction of sp³-hybridized carbons (Fsp3) is 0.375. The summed E-state index contributed by atoms with van der Waals surface area (Å²) in [6.45, 7) is 1.93. The third-order valence-electron chi connectivity index (χ3n) is 5.66. The first-order valence-electron chi connectivity index (χ1n) is 10.5. The lowest BCUT2D eigenvalue weighted by molar-refractivity contribution is -0.120. The van der Waals surface area contributed by atoms with E-state index in [-0.39, 0.29) is 31.7 Å². The lowest BCUT2D eigenvalue weighted by Gasteiger charge is -2.33. The minimum absolute atomic E-state index is 0.149. The van der Waals surface area contributed by atoms with Gasteiger partial charge < -0.3 is 25.2 Å². The first-order valence-corrected chi connectivity index (χ1v) is 10.5. The maximum absolute atomic E-state index is 13.2. The highest BCUT2D eigenvalue weighted by molar-refractivity contribution is 6.00. The molecule has 1 aliphatic rings. The smallest absolute Gasteiger partial charge is 0.257 e. The maximum atomic E-state index is 13.2. The van der Waals surface area contributed by atoms with Gasteiger partial charge in [-0.05, 0) is 24.0 Å². The molecule has 0 spiro atoms. The second kappa shape index (κ2) is 10.3. The molecule has 0 fully saturated rings. The highest BCUT2D eigenvalue weighted by atomic mass is 16.3. The molecular formula is C24H28N2O5. The van der Waals surface area contributed by atoms with Crippen LogP contribution in [0.4, 0.5) is 0 Å². The number of nitrogens with zero attached hydrogens (tertiary/aromatic N) is 1. The van der Waals surface area contributed by atoms with Crippen molar-refractivity contribution < 1.29 is 24.6 Å². The molecule has 0 saturated heterocycles. The van der Waals surface area contributed by atoms with Gasteiger partial charge in [-0.15, -0.1) is 0 Å². The number of aldehydes is 1. The van der Waals surface area contributed by atoms with Crippen molar-refractivity contribution in [1.82, 2.24) is 10.2 Å². The van der Waals surface area contributed by atoms with Gasteiger partial charge in [0.15, 0.2) is 6.23 Å². The van der Waals surface area contributed by atoms with Crippen molar-refractivity contribution in [1.29, 1.82) is 0 Å². The number of hydrogen-bond donors (Lipinski definition) is 3. The maximum Gasteiger partial charge on any atom is 0.257 e. The van der Waals surface area contributed by atoms with E-state index in [0.717, 1.165) is 11.8 Å². The molecule has 3 atom stereocenters. The highest BCUT2D eigenvalue weighted by Gasteiger charge is 2.42. The van der Waals surface area contributed by atoms with Gasteiger partial charge in [-0.3, -0.25) is 9.59 Å². The summed E-state index contributed by atoms with van der Waals surface area (Å²) in [5.74, 6) is -0.573. The van der Waals surface area contributed by atoms with Gasteiger partial charge >= 0.3 is 0 Å². The van der Waals surface area contributed by atoms with Crippen LogP contribution in [0.3, 0.4) is 0 Å². The summed E-state index contributed by atoms with van der Waals surface area (Å²) in [6, 6.07) is 13.8. The minimum atomic E-state index is -1.21. The van der Waals surface area contributed by atoms with E-state index in [9.17, 15) is 24.6 Å². The lowest BCUT2D eigenvalue weighted by Crippen LogP contribution is -2.45. The molecule has 3 N–H and O–H groups in total. The number of benzene rings is 2. The van der Waals surface area contributed by atoms with E-state index in [0.29, 0.717) is 23.1 Å². The third kappa shape index (κ3) is 5.00. The van der Waals surface area contributed by atoms with Crippen LogP contribution in [0.1, 0.15) is 59.5 Å². The van der Waals surface area contributed by atoms with Gasteiger partial charge in [0.05, 0.1) is 24.1 Å². The number of fused-ring (bicyclic) bond motifs is 1. The van der Waals surface area contributed by atoms with E-state index in [1.807, 2.05) is 30.3 Å². The normalized spacial score (nSPS) is 17.2. The van der Waals surface area contributed by atoms with Crippen molar-refractivity contribution in [3.05, 3.63) is 70.8 Å². The highest BCUT2D eigenvalue weighted by Crippen LogP contribution is 2.37. The molecule has 2 amide bonds. The van der Waals surface area contributed by atoms with Crippen molar-refractivity contribution in [2.24, 2.45) is 0 Å². The van der Waals surface area contributed by atoms with Gasteiger partial charge in [-0.25, -0.2) is 0 Å². The molecule has 2 aromatic rings. The fourth-order valence-electron chi connectivity index (χ4n) is 4.03. The number of carbonyl (C=O) groups excluding carboxylic acids is 3. The zero-order chi connectivity index (χ0) is 22.4. The zero-order valence-corrected chi connectivity index (χ0v) is 17.5. The Balaban J connectivity index is 1.77. The van der Waals surface area contributed by atoms with Crippen molar-refractivity contribution in [3.63, 3.8) is 0 Å². The van der Waals surface area contributed by atoms with Crippen LogP contribution in [0.5, 0.6) is 0 Å². The molecule has 31 heavy (non-hydrogen) atoms. The quantitative estimate of drug-likeness (QED) is 0.507. The second-order valence-corrected chi connectivity index (χ2v) is 7.69. The Morgan fingerprint density at radius 3 is 2.61 bits per heavy atom. The average Bonchev–Trinajstić information content (AvgIpc) is 3.04. The van der Waals surface area contributed by atoms with Crippen molar-refractivity contribution in [2.75, 3.05) is 0 Å². The molecule has 0 radical (unpaired) electrons. The second-order valence-electron chi connectivity index (χ2n) is 7.69. The molecule has 164 valence electrons. The minimum Gasteiger partial charge on any atom is -0.391 e. The van der Waals surface area contributed by atoms with Crippen LogP contribution in [0.25, 0.3) is 0 Å². The molecule has 3 rings (SSSR count). The predicted molar refractivity (Wildman–Crippen MR) is 115 cm³/mol. The van der Waals surface area contributed by atoms with Gasteiger partial charge in [-0.2, -0.15) is 0 Å². The molecular weight excluding hydrogens is 396 g/mol. The van der Waals surface area contributed by atoms with Crippen LogP contribution in [0.2, 0.25) is 0 Å². The van der Waals surface area contributed by atoms with E-state index in [1.165, 1.54) is 4.90 Å². The van der Waals surface area contributed by atoms with Crippen molar-refractivity contribution in [2.45, 2.75) is 57.5 Å². The van der Waals surface area contributed by atoms with Crippen molar-refractivity contribution >= 4 is 18.1 Å². The molecule has 2 aromatic carbocycles. The zero-order valence-electron chi connectivity index (χ0n) is 17.5. The Kier molecular flexibility index (Phi) is 7.55. The van der Waals surface area contributed by atoms with Crippen LogP contribution in [-0.2, 0) is 22.6 Å². The third-order valence-corrected chi connectivity index (χ3v) is 5.66. The Morgan fingerprint density at radius 2 is 1.94 bits per heavy atom. The van der Waals surface area contributed by atoms with Crippen LogP contribution in [0, 0.1) is 0 Å². The average molecular weight is 424 g/mol. The fourth-order valence-corrected chi connectivity index (χ4v) is 4.03. The first-order chi connectivity index (χ1) is 15.0. The van der Waals surface area contributed by atoms with Crippen LogP contribution >= 0.6 is 0 Å². The number of carbonyl (C=O) groups is 3. The summed E-state index contributed by atoms with van der Waals surface area (Å²) in [5.41, 5.74) is 2.28. The van der Waals surface area contributed by atoms with Crippen LogP contribution < -0.4 is 5.32 Å². The Bertz CT molecular complexity index is 931. The first kappa shape index (κ1) is 22.7. The number of aliphatic hydroxyl groups is 2. The van der Waals surface area contributed by atoms with Gasteiger partial charge in [0.25, 0.3) is 5.91 Å². The predicted octanol–water partition coefficient (Wildman–Crippen LogP) is 2.11. The molecule has 7 nitrogen and oxygen atoms in total. The molecule has 1 heterocycles. The number of nitrogens with one attached hydrogen (secondary N) is 1. The largest absolute Gasteiger partial charge is 0.391 e. The molecule has 0 aliphatic carbocycles. The SMILES string of the molecule is CCC(O)C(CCC=O)N1C(=O)c2c(CNC(=O)Cc3ccccc3)cccc2C1O. The molecule has 7 heteroatoms. The van der Waals surface area contributed by atoms with Gasteiger partial charge in [0.1, 0.15) is 6.29 Å². The molecule has 3 unspecified atom stereocenters. The van der Waals surface area contributed by atoms with Gasteiger partial charge in [0.2, 0.25) is 5.91 Å². The van der Waals surface area contributed by atoms with Gasteiger partial charge in [-0.1, -0.05) is 55.5 Å². The number of amides is 2. The lowest BCUT2D eigenvalue weighted by atomic mass is 10.0. The number of aliphatic hydroxyl groups excluding tert-OH is 2. The summed E-state index contributed by atoms with van der Waals surface area (Å²) in [4.78, 5) is 37.7. The Hall–Kier alpha value is -3.03. The Morgan fingerprint density at radius 1 is 1.19 bits per heavy atom. The summed E-state index contributed by atoms with van der Waals surface area (Å²) >= 11 is 0. The van der Waals surface area contributed by atoms with E-state index >= 15 is 0 Å². The number of hydrogen-bond acceptors (Lipinski definition) is 5.